The first-order valence-electron chi connectivity index (χ1n) is 5.61. The summed E-state index contributed by atoms with van der Waals surface area (Å²) in [5.41, 5.74) is 3.21. The molecule has 0 saturated carbocycles. The maximum absolute atomic E-state index is 11.6. The van der Waals surface area contributed by atoms with E-state index < -0.39 is 0 Å². The van der Waals surface area contributed by atoms with Crippen LogP contribution in [0.2, 0.25) is 0 Å². The molecule has 4 heteroatoms. The molecule has 0 unspecified atom stereocenters. The standard InChI is InChI=1S/C13H18ClNO2/c1-9-5-4-6-10(2)12(9)15-11(3)13(16)17-8-7-14/h4-6,11,15H,7-8H2,1-3H3/t11-/m1/s1. The van der Waals surface area contributed by atoms with Crippen LogP contribution in [0.1, 0.15) is 18.1 Å². The average molecular weight is 256 g/mol. The largest absolute Gasteiger partial charge is 0.463 e. The van der Waals surface area contributed by atoms with Gasteiger partial charge in [0, 0.05) is 5.69 Å². The van der Waals surface area contributed by atoms with Crippen molar-refractivity contribution < 1.29 is 9.53 Å². The number of hydrogen-bond donors (Lipinski definition) is 1. The molecule has 0 bridgehead atoms. The summed E-state index contributed by atoms with van der Waals surface area (Å²) in [5.74, 6) is 0.0373. The molecule has 0 saturated heterocycles. The van der Waals surface area contributed by atoms with Crippen LogP contribution < -0.4 is 5.32 Å². The Hall–Kier alpha value is -1.22. The molecule has 1 aromatic rings. The number of esters is 1. The number of alkyl halides is 1. The molecule has 0 aliphatic heterocycles. The number of rotatable bonds is 5. The minimum absolute atomic E-state index is 0.249. The van der Waals surface area contributed by atoms with E-state index in [9.17, 15) is 4.79 Å². The van der Waals surface area contributed by atoms with Crippen LogP contribution in [-0.4, -0.2) is 24.5 Å². The van der Waals surface area contributed by atoms with Crippen molar-refractivity contribution in [2.24, 2.45) is 0 Å². The molecule has 0 aliphatic carbocycles. The third-order valence-corrected chi connectivity index (χ3v) is 2.67. The first kappa shape index (κ1) is 13.8. The van der Waals surface area contributed by atoms with E-state index in [0.717, 1.165) is 16.8 Å². The van der Waals surface area contributed by atoms with E-state index in [4.69, 9.17) is 16.3 Å². The van der Waals surface area contributed by atoms with Crippen molar-refractivity contribution in [2.45, 2.75) is 26.8 Å². The highest BCUT2D eigenvalue weighted by Gasteiger charge is 2.15. The summed E-state index contributed by atoms with van der Waals surface area (Å²) in [6.07, 6.45) is 0. The number of nitrogens with one attached hydrogen (secondary N) is 1. The zero-order valence-corrected chi connectivity index (χ0v) is 11.2. The van der Waals surface area contributed by atoms with Gasteiger partial charge in [0.25, 0.3) is 0 Å². The second-order valence-corrected chi connectivity index (χ2v) is 4.37. The van der Waals surface area contributed by atoms with Gasteiger partial charge in [0.05, 0.1) is 5.88 Å². The molecule has 0 fully saturated rings. The van der Waals surface area contributed by atoms with Crippen LogP contribution in [-0.2, 0) is 9.53 Å². The van der Waals surface area contributed by atoms with Crippen LogP contribution in [0, 0.1) is 13.8 Å². The number of carbonyl (C=O) groups excluding carboxylic acids is 1. The number of anilines is 1. The summed E-state index contributed by atoms with van der Waals surface area (Å²) < 4.78 is 4.97. The van der Waals surface area contributed by atoms with Crippen LogP contribution in [0.3, 0.4) is 0 Å². The third-order valence-electron chi connectivity index (χ3n) is 2.52. The number of para-hydroxylation sites is 1. The number of halogens is 1. The predicted molar refractivity (Wildman–Crippen MR) is 70.7 cm³/mol. The van der Waals surface area contributed by atoms with Gasteiger partial charge in [-0.25, -0.2) is 4.79 Å². The molecule has 3 nitrogen and oxygen atoms in total. The maximum Gasteiger partial charge on any atom is 0.328 e. The van der Waals surface area contributed by atoms with Gasteiger partial charge in [-0.3, -0.25) is 0 Å². The Morgan fingerprint density at radius 3 is 2.53 bits per heavy atom. The van der Waals surface area contributed by atoms with Gasteiger partial charge < -0.3 is 10.1 Å². The van der Waals surface area contributed by atoms with Gasteiger partial charge >= 0.3 is 5.97 Å². The first-order valence-corrected chi connectivity index (χ1v) is 6.15. The Kier molecular flexibility index (Phi) is 5.29. The van der Waals surface area contributed by atoms with E-state index in [1.165, 1.54) is 0 Å². The van der Waals surface area contributed by atoms with Crippen molar-refractivity contribution in [2.75, 3.05) is 17.8 Å². The summed E-state index contributed by atoms with van der Waals surface area (Å²) in [7, 11) is 0. The highest BCUT2D eigenvalue weighted by Crippen LogP contribution is 2.20. The molecule has 0 spiro atoms. The minimum Gasteiger partial charge on any atom is -0.463 e. The molecule has 94 valence electrons. The van der Waals surface area contributed by atoms with Crippen molar-refractivity contribution >= 4 is 23.3 Å². The van der Waals surface area contributed by atoms with Crippen molar-refractivity contribution in [3.05, 3.63) is 29.3 Å². The molecule has 0 radical (unpaired) electrons. The van der Waals surface area contributed by atoms with Crippen LogP contribution in [0.15, 0.2) is 18.2 Å². The van der Waals surface area contributed by atoms with Gasteiger partial charge in [0.2, 0.25) is 0 Å². The van der Waals surface area contributed by atoms with Crippen molar-refractivity contribution in [1.29, 1.82) is 0 Å². The van der Waals surface area contributed by atoms with Gasteiger partial charge in [-0.2, -0.15) is 0 Å². The minimum atomic E-state index is -0.377. The lowest BCUT2D eigenvalue weighted by atomic mass is 10.1. The van der Waals surface area contributed by atoms with Gasteiger partial charge in [-0.1, -0.05) is 18.2 Å². The molecule has 1 N–H and O–H groups in total. The molecular weight excluding hydrogens is 238 g/mol. The van der Waals surface area contributed by atoms with Crippen molar-refractivity contribution in [3.8, 4) is 0 Å². The molecule has 0 aliphatic rings. The fraction of sp³-hybridized carbons (Fsp3) is 0.462. The Bertz CT molecular complexity index is 373. The van der Waals surface area contributed by atoms with Crippen LogP contribution in [0.25, 0.3) is 0 Å². The quantitative estimate of drug-likeness (QED) is 0.650. The monoisotopic (exact) mass is 255 g/mol. The molecule has 17 heavy (non-hydrogen) atoms. The number of ether oxygens (including phenoxy) is 1. The second-order valence-electron chi connectivity index (χ2n) is 3.99. The maximum atomic E-state index is 11.6. The van der Waals surface area contributed by atoms with Crippen LogP contribution >= 0.6 is 11.6 Å². The molecule has 1 atom stereocenters. The lowest BCUT2D eigenvalue weighted by Crippen LogP contribution is -2.29. The highest BCUT2D eigenvalue weighted by atomic mass is 35.5. The highest BCUT2D eigenvalue weighted by molar-refractivity contribution is 6.18. The summed E-state index contributed by atoms with van der Waals surface area (Å²) >= 11 is 5.46. The van der Waals surface area contributed by atoms with Gasteiger partial charge in [0.15, 0.2) is 0 Å². The van der Waals surface area contributed by atoms with E-state index >= 15 is 0 Å². The molecule has 1 rings (SSSR count). The van der Waals surface area contributed by atoms with Crippen LogP contribution in [0.4, 0.5) is 5.69 Å². The smallest absolute Gasteiger partial charge is 0.328 e. The lowest BCUT2D eigenvalue weighted by Gasteiger charge is -2.17. The zero-order valence-electron chi connectivity index (χ0n) is 10.4. The number of benzene rings is 1. The summed E-state index contributed by atoms with van der Waals surface area (Å²) in [5, 5.41) is 3.17. The van der Waals surface area contributed by atoms with Crippen molar-refractivity contribution in [3.63, 3.8) is 0 Å². The normalized spacial score (nSPS) is 12.0. The van der Waals surface area contributed by atoms with Gasteiger partial charge in [0.1, 0.15) is 12.6 Å². The zero-order chi connectivity index (χ0) is 12.8. The molecular formula is C13H18ClNO2. The Labute approximate surface area is 107 Å². The fourth-order valence-electron chi connectivity index (χ4n) is 1.58. The van der Waals surface area contributed by atoms with Gasteiger partial charge in [-0.15, -0.1) is 11.6 Å². The van der Waals surface area contributed by atoms with Crippen molar-refractivity contribution in [1.82, 2.24) is 0 Å². The van der Waals surface area contributed by atoms with E-state index in [2.05, 4.69) is 5.32 Å². The predicted octanol–water partition coefficient (Wildman–Crippen LogP) is 2.89. The van der Waals surface area contributed by atoms with E-state index in [1.807, 2.05) is 32.0 Å². The van der Waals surface area contributed by atoms with E-state index in [1.54, 1.807) is 6.92 Å². The topological polar surface area (TPSA) is 38.3 Å². The van der Waals surface area contributed by atoms with E-state index in [0.29, 0.717) is 5.88 Å². The summed E-state index contributed by atoms with van der Waals surface area (Å²) in [6, 6.07) is 5.63. The molecule has 0 heterocycles. The number of hydrogen-bond acceptors (Lipinski definition) is 3. The third kappa shape index (κ3) is 3.93. The number of aryl methyl sites for hydroxylation is 2. The second kappa shape index (κ2) is 6.50. The Morgan fingerprint density at radius 2 is 2.00 bits per heavy atom. The molecule has 0 aromatic heterocycles. The Morgan fingerprint density at radius 1 is 1.41 bits per heavy atom. The summed E-state index contributed by atoms with van der Waals surface area (Å²) in [4.78, 5) is 11.6. The SMILES string of the molecule is Cc1cccc(C)c1N[C@H](C)C(=O)OCCCl. The molecule has 0 amide bonds. The van der Waals surface area contributed by atoms with Gasteiger partial charge in [-0.05, 0) is 31.9 Å². The lowest BCUT2D eigenvalue weighted by molar-refractivity contribution is -0.143. The first-order chi connectivity index (χ1) is 8.06. The van der Waals surface area contributed by atoms with E-state index in [-0.39, 0.29) is 18.6 Å². The fourth-order valence-corrected chi connectivity index (χ4v) is 1.66. The van der Waals surface area contributed by atoms with Crippen LogP contribution in [0.5, 0.6) is 0 Å². The molecule has 1 aromatic carbocycles. The summed E-state index contributed by atoms with van der Waals surface area (Å²) in [6.45, 7) is 6.04. The number of carbonyl (C=O) groups is 1. The Balaban J connectivity index is 2.67. The average Bonchev–Trinajstić information content (AvgIpc) is 2.30.